The maximum absolute atomic E-state index is 13.3. The van der Waals surface area contributed by atoms with Crippen molar-refractivity contribution >= 4 is 26.0 Å². The Balaban J connectivity index is 2.49. The lowest BCUT2D eigenvalue weighted by Crippen LogP contribution is -2.49. The first kappa shape index (κ1) is 15.9. The molecule has 1 heterocycles. The second-order valence-corrected chi connectivity index (χ2v) is 7.34. The Morgan fingerprint density at radius 3 is 2.55 bits per heavy atom. The van der Waals surface area contributed by atoms with Gasteiger partial charge in [-0.3, -0.25) is 0 Å². The summed E-state index contributed by atoms with van der Waals surface area (Å²) in [4.78, 5) is 0.201. The molecule has 20 heavy (non-hydrogen) atoms. The van der Waals surface area contributed by atoms with Crippen LogP contribution in [0.15, 0.2) is 17.0 Å². The minimum absolute atomic E-state index is 0.201. The Morgan fingerprint density at radius 1 is 1.40 bits per heavy atom. The molecule has 1 atom stereocenters. The number of alkyl halides is 1. The third-order valence-electron chi connectivity index (χ3n) is 3.34. The normalized spacial score (nSPS) is 21.1. The molecule has 2 rings (SSSR count). The third kappa shape index (κ3) is 2.90. The molecule has 0 amide bonds. The van der Waals surface area contributed by atoms with Gasteiger partial charge in [0.2, 0.25) is 10.0 Å². The Hall–Kier alpha value is -0.500. The molecule has 0 bridgehead atoms. The minimum atomic E-state index is -3.64. The number of ether oxygens (including phenoxy) is 1. The lowest BCUT2D eigenvalue weighted by atomic mass is 10.1. The zero-order chi connectivity index (χ0) is 14.9. The number of aryl methyl sites for hydroxylation is 2. The van der Waals surface area contributed by atoms with Gasteiger partial charge in [0, 0.05) is 11.9 Å². The van der Waals surface area contributed by atoms with Gasteiger partial charge in [0.25, 0.3) is 0 Å². The largest absolute Gasteiger partial charge is 0.378 e. The molecule has 1 aromatic carbocycles. The summed E-state index contributed by atoms with van der Waals surface area (Å²) in [6.07, 6.45) is 0. The van der Waals surface area contributed by atoms with E-state index in [9.17, 15) is 12.8 Å². The second-order valence-electron chi connectivity index (χ2n) is 4.87. The number of morpholine rings is 1. The number of hydrogen-bond donors (Lipinski definition) is 0. The summed E-state index contributed by atoms with van der Waals surface area (Å²) in [5, 5.41) is 0.505. The molecule has 0 N–H and O–H groups in total. The summed E-state index contributed by atoms with van der Waals surface area (Å²) in [5.41, 5.74) is 0.865. The Morgan fingerprint density at radius 2 is 2.00 bits per heavy atom. The van der Waals surface area contributed by atoms with Gasteiger partial charge in [-0.05, 0) is 37.1 Å². The summed E-state index contributed by atoms with van der Waals surface area (Å²) in [7, 11) is -3.64. The molecule has 0 saturated carbocycles. The zero-order valence-corrected chi connectivity index (χ0v) is 13.8. The van der Waals surface area contributed by atoms with Crippen molar-refractivity contribution in [2.24, 2.45) is 0 Å². The maximum atomic E-state index is 13.3. The van der Waals surface area contributed by atoms with Crippen LogP contribution in [-0.4, -0.2) is 43.9 Å². The molecular weight excluding hydrogens is 349 g/mol. The van der Waals surface area contributed by atoms with Crippen molar-refractivity contribution in [1.29, 1.82) is 0 Å². The first-order valence-electron chi connectivity index (χ1n) is 6.30. The lowest BCUT2D eigenvalue weighted by molar-refractivity contribution is 0.0412. The van der Waals surface area contributed by atoms with Crippen LogP contribution in [0.3, 0.4) is 0 Å². The van der Waals surface area contributed by atoms with E-state index in [1.54, 1.807) is 13.8 Å². The molecule has 0 aliphatic carbocycles. The average molecular weight is 366 g/mol. The smallest absolute Gasteiger partial charge is 0.244 e. The summed E-state index contributed by atoms with van der Waals surface area (Å²) in [6, 6.07) is 2.27. The van der Waals surface area contributed by atoms with E-state index in [4.69, 9.17) is 4.74 Å². The molecule has 1 unspecified atom stereocenters. The van der Waals surface area contributed by atoms with Crippen LogP contribution in [0.1, 0.15) is 11.1 Å². The molecule has 4 nitrogen and oxygen atoms in total. The molecular formula is C13H17BrFNO3S. The molecule has 7 heteroatoms. The Labute approximate surface area is 127 Å². The van der Waals surface area contributed by atoms with Crippen molar-refractivity contribution in [2.45, 2.75) is 24.8 Å². The topological polar surface area (TPSA) is 46.6 Å². The fourth-order valence-electron chi connectivity index (χ4n) is 2.50. The number of sulfonamides is 1. The van der Waals surface area contributed by atoms with Crippen LogP contribution in [0.5, 0.6) is 0 Å². The number of nitrogens with zero attached hydrogens (tertiary/aromatic N) is 1. The minimum Gasteiger partial charge on any atom is -0.378 e. The van der Waals surface area contributed by atoms with Gasteiger partial charge in [0.15, 0.2) is 0 Å². The Bertz CT molecular complexity index is 583. The molecule has 1 aliphatic heterocycles. The van der Waals surface area contributed by atoms with Crippen molar-refractivity contribution in [2.75, 3.05) is 25.1 Å². The number of benzene rings is 1. The van der Waals surface area contributed by atoms with Crippen molar-refractivity contribution in [3.63, 3.8) is 0 Å². The van der Waals surface area contributed by atoms with E-state index in [1.165, 1.54) is 16.4 Å². The van der Waals surface area contributed by atoms with E-state index in [2.05, 4.69) is 15.9 Å². The highest BCUT2D eigenvalue weighted by atomic mass is 79.9. The van der Waals surface area contributed by atoms with Gasteiger partial charge in [-0.1, -0.05) is 15.9 Å². The summed E-state index contributed by atoms with van der Waals surface area (Å²) < 4.78 is 45.8. The fraction of sp³-hybridized carbons (Fsp3) is 0.538. The van der Waals surface area contributed by atoms with E-state index in [-0.39, 0.29) is 10.9 Å². The van der Waals surface area contributed by atoms with E-state index >= 15 is 0 Å². The molecule has 1 aliphatic rings. The van der Waals surface area contributed by atoms with E-state index in [0.29, 0.717) is 36.2 Å². The van der Waals surface area contributed by atoms with Gasteiger partial charge in [-0.25, -0.2) is 12.8 Å². The molecule has 1 saturated heterocycles. The second kappa shape index (κ2) is 6.09. The molecule has 1 aromatic rings. The molecule has 0 radical (unpaired) electrons. The van der Waals surface area contributed by atoms with Crippen molar-refractivity contribution in [3.8, 4) is 0 Å². The van der Waals surface area contributed by atoms with Crippen LogP contribution >= 0.6 is 15.9 Å². The highest BCUT2D eigenvalue weighted by Gasteiger charge is 2.35. The third-order valence-corrected chi connectivity index (χ3v) is 6.35. The Kier molecular flexibility index (Phi) is 4.84. The first-order valence-corrected chi connectivity index (χ1v) is 8.86. The standard InChI is InChI=1S/C13H17BrFNO3S/c1-9-5-11(15)6-10(2)13(9)20(17,18)16-3-4-19-8-12(16)7-14/h5-6,12H,3-4,7-8H2,1-2H3. The lowest BCUT2D eigenvalue weighted by Gasteiger charge is -2.34. The number of rotatable bonds is 3. The van der Waals surface area contributed by atoms with Gasteiger partial charge in [-0.2, -0.15) is 4.31 Å². The van der Waals surface area contributed by atoms with Gasteiger partial charge < -0.3 is 4.74 Å². The van der Waals surface area contributed by atoms with Crippen LogP contribution in [0.25, 0.3) is 0 Å². The summed E-state index contributed by atoms with van der Waals surface area (Å²) in [6.45, 7) is 4.29. The van der Waals surface area contributed by atoms with Gasteiger partial charge in [0.1, 0.15) is 5.82 Å². The van der Waals surface area contributed by atoms with Crippen LogP contribution < -0.4 is 0 Å². The number of hydrogen-bond acceptors (Lipinski definition) is 3. The van der Waals surface area contributed by atoms with E-state index in [1.807, 2.05) is 0 Å². The van der Waals surface area contributed by atoms with Crippen molar-refractivity contribution < 1.29 is 17.5 Å². The molecule has 1 fully saturated rings. The van der Waals surface area contributed by atoms with Gasteiger partial charge in [-0.15, -0.1) is 0 Å². The van der Waals surface area contributed by atoms with Crippen LogP contribution in [0, 0.1) is 19.7 Å². The van der Waals surface area contributed by atoms with Crippen molar-refractivity contribution in [3.05, 3.63) is 29.1 Å². The highest BCUT2D eigenvalue weighted by Crippen LogP contribution is 2.27. The SMILES string of the molecule is Cc1cc(F)cc(C)c1S(=O)(=O)N1CCOCC1CBr. The zero-order valence-electron chi connectivity index (χ0n) is 11.4. The summed E-state index contributed by atoms with van der Waals surface area (Å²) in [5.74, 6) is -0.419. The van der Waals surface area contributed by atoms with Crippen LogP contribution in [0.2, 0.25) is 0 Å². The van der Waals surface area contributed by atoms with E-state index < -0.39 is 15.8 Å². The number of halogens is 2. The van der Waals surface area contributed by atoms with Gasteiger partial charge in [0.05, 0.1) is 24.2 Å². The van der Waals surface area contributed by atoms with E-state index in [0.717, 1.165) is 0 Å². The van der Waals surface area contributed by atoms with Gasteiger partial charge >= 0.3 is 0 Å². The quantitative estimate of drug-likeness (QED) is 0.771. The van der Waals surface area contributed by atoms with Crippen LogP contribution in [-0.2, 0) is 14.8 Å². The predicted molar refractivity (Wildman–Crippen MR) is 78.2 cm³/mol. The fourth-order valence-corrected chi connectivity index (χ4v) is 5.24. The van der Waals surface area contributed by atoms with Crippen LogP contribution in [0.4, 0.5) is 4.39 Å². The molecule has 112 valence electrons. The monoisotopic (exact) mass is 365 g/mol. The van der Waals surface area contributed by atoms with Crippen molar-refractivity contribution in [1.82, 2.24) is 4.31 Å². The summed E-state index contributed by atoms with van der Waals surface area (Å²) >= 11 is 3.32. The molecule has 0 spiro atoms. The predicted octanol–water partition coefficient (Wildman–Crippen LogP) is 2.23. The highest BCUT2D eigenvalue weighted by molar-refractivity contribution is 9.09. The first-order chi connectivity index (χ1) is 9.37. The average Bonchev–Trinajstić information content (AvgIpc) is 2.37. The maximum Gasteiger partial charge on any atom is 0.244 e. The molecule has 0 aromatic heterocycles.